The summed E-state index contributed by atoms with van der Waals surface area (Å²) >= 11 is 0. The third-order valence-electron chi connectivity index (χ3n) is 4.75. The van der Waals surface area contributed by atoms with Gasteiger partial charge in [0.15, 0.2) is 5.82 Å². The maximum atomic E-state index is 12.6. The van der Waals surface area contributed by atoms with E-state index in [0.29, 0.717) is 30.4 Å². The SMILES string of the molecule is CCc1noc(-c2ccc(NC(=O)[C@@H]3CC(=O)N(c4ccccc4)C3)cc2)n1. The molecule has 0 unspecified atom stereocenters. The Labute approximate surface area is 162 Å². The third kappa shape index (κ3) is 3.64. The fourth-order valence-corrected chi connectivity index (χ4v) is 3.20. The van der Waals surface area contributed by atoms with Crippen LogP contribution in [0.3, 0.4) is 0 Å². The van der Waals surface area contributed by atoms with Crippen molar-refractivity contribution in [2.45, 2.75) is 19.8 Å². The lowest BCUT2D eigenvalue weighted by Gasteiger charge is -2.16. The molecule has 1 saturated heterocycles. The quantitative estimate of drug-likeness (QED) is 0.738. The Kier molecular flexibility index (Phi) is 4.89. The first-order valence-corrected chi connectivity index (χ1v) is 9.23. The van der Waals surface area contributed by atoms with Gasteiger partial charge in [-0.2, -0.15) is 4.98 Å². The number of carbonyl (C=O) groups is 2. The van der Waals surface area contributed by atoms with Crippen LogP contribution in [-0.4, -0.2) is 28.5 Å². The van der Waals surface area contributed by atoms with Crippen LogP contribution < -0.4 is 10.2 Å². The van der Waals surface area contributed by atoms with Gasteiger partial charge in [0.05, 0.1) is 5.92 Å². The summed E-state index contributed by atoms with van der Waals surface area (Å²) in [5.74, 6) is 0.529. The van der Waals surface area contributed by atoms with Crippen LogP contribution in [0, 0.1) is 5.92 Å². The highest BCUT2D eigenvalue weighted by Crippen LogP contribution is 2.26. The van der Waals surface area contributed by atoms with Crippen LogP contribution in [0.15, 0.2) is 59.1 Å². The molecule has 0 radical (unpaired) electrons. The summed E-state index contributed by atoms with van der Waals surface area (Å²) in [6, 6.07) is 16.6. The van der Waals surface area contributed by atoms with Crippen molar-refractivity contribution in [1.82, 2.24) is 10.1 Å². The maximum Gasteiger partial charge on any atom is 0.257 e. The molecule has 28 heavy (non-hydrogen) atoms. The summed E-state index contributed by atoms with van der Waals surface area (Å²) in [7, 11) is 0. The zero-order valence-corrected chi connectivity index (χ0v) is 15.5. The highest BCUT2D eigenvalue weighted by Gasteiger charge is 2.35. The maximum absolute atomic E-state index is 12.6. The van der Waals surface area contributed by atoms with Crippen LogP contribution in [0.2, 0.25) is 0 Å². The normalized spacial score (nSPS) is 16.4. The van der Waals surface area contributed by atoms with Crippen LogP contribution in [0.5, 0.6) is 0 Å². The van der Waals surface area contributed by atoms with Gasteiger partial charge in [0.25, 0.3) is 5.89 Å². The predicted molar refractivity (Wildman–Crippen MR) is 105 cm³/mol. The first kappa shape index (κ1) is 17.9. The van der Waals surface area contributed by atoms with Crippen molar-refractivity contribution in [3.8, 4) is 11.5 Å². The van der Waals surface area contributed by atoms with E-state index in [1.165, 1.54) is 0 Å². The topological polar surface area (TPSA) is 88.3 Å². The smallest absolute Gasteiger partial charge is 0.257 e. The lowest BCUT2D eigenvalue weighted by Crippen LogP contribution is -2.28. The van der Waals surface area contributed by atoms with Crippen molar-refractivity contribution in [2.24, 2.45) is 5.92 Å². The minimum atomic E-state index is -0.379. The van der Waals surface area contributed by atoms with Gasteiger partial charge >= 0.3 is 0 Å². The zero-order chi connectivity index (χ0) is 19.5. The standard InChI is InChI=1S/C21H20N4O3/c1-2-18-23-21(28-24-18)14-8-10-16(11-9-14)22-20(27)15-12-19(26)25(13-15)17-6-4-3-5-7-17/h3-11,15H,2,12-13H2,1H3,(H,22,27)/t15-/m1/s1. The molecule has 1 aliphatic rings. The van der Waals surface area contributed by atoms with Gasteiger partial charge in [-0.15, -0.1) is 0 Å². The number of para-hydroxylation sites is 1. The first-order chi connectivity index (χ1) is 13.6. The molecule has 0 aliphatic carbocycles. The summed E-state index contributed by atoms with van der Waals surface area (Å²) < 4.78 is 5.22. The van der Waals surface area contributed by atoms with Gasteiger partial charge in [-0.3, -0.25) is 9.59 Å². The molecule has 2 aromatic carbocycles. The summed E-state index contributed by atoms with van der Waals surface area (Å²) in [4.78, 5) is 30.8. The molecule has 1 atom stereocenters. The Hall–Kier alpha value is -3.48. The van der Waals surface area contributed by atoms with Crippen LogP contribution in [0.25, 0.3) is 11.5 Å². The molecular formula is C21H20N4O3. The largest absolute Gasteiger partial charge is 0.334 e. The van der Waals surface area contributed by atoms with Crippen LogP contribution in [-0.2, 0) is 16.0 Å². The zero-order valence-electron chi connectivity index (χ0n) is 15.5. The molecule has 1 aliphatic heterocycles. The molecule has 0 saturated carbocycles. The second kappa shape index (κ2) is 7.64. The molecule has 1 fully saturated rings. The summed E-state index contributed by atoms with van der Waals surface area (Å²) in [5, 5.41) is 6.77. The van der Waals surface area contributed by atoms with Crippen molar-refractivity contribution in [1.29, 1.82) is 0 Å². The molecule has 2 heterocycles. The van der Waals surface area contributed by atoms with Gasteiger partial charge in [-0.25, -0.2) is 0 Å². The van der Waals surface area contributed by atoms with Gasteiger partial charge < -0.3 is 14.7 Å². The van der Waals surface area contributed by atoms with Crippen molar-refractivity contribution in [3.05, 3.63) is 60.4 Å². The van der Waals surface area contributed by atoms with E-state index in [0.717, 1.165) is 11.3 Å². The van der Waals surface area contributed by atoms with Gasteiger partial charge in [0.2, 0.25) is 11.8 Å². The van der Waals surface area contributed by atoms with Gasteiger partial charge in [0.1, 0.15) is 0 Å². The molecule has 0 bridgehead atoms. The number of aryl methyl sites for hydroxylation is 1. The number of hydrogen-bond acceptors (Lipinski definition) is 5. The Morgan fingerprint density at radius 2 is 1.93 bits per heavy atom. The van der Waals surface area contributed by atoms with Crippen LogP contribution in [0.1, 0.15) is 19.2 Å². The minimum Gasteiger partial charge on any atom is -0.334 e. The number of anilines is 2. The average Bonchev–Trinajstić information content (AvgIpc) is 3.36. The number of nitrogens with one attached hydrogen (secondary N) is 1. The lowest BCUT2D eigenvalue weighted by molar-refractivity contribution is -0.122. The molecule has 3 aromatic rings. The Morgan fingerprint density at radius 1 is 1.18 bits per heavy atom. The molecule has 4 rings (SSSR count). The molecule has 7 nitrogen and oxygen atoms in total. The predicted octanol–water partition coefficient (Wildman–Crippen LogP) is 3.29. The molecule has 1 N–H and O–H groups in total. The number of benzene rings is 2. The van der Waals surface area contributed by atoms with E-state index in [-0.39, 0.29) is 24.2 Å². The minimum absolute atomic E-state index is 0.0372. The summed E-state index contributed by atoms with van der Waals surface area (Å²) in [6.45, 7) is 2.34. The number of rotatable bonds is 5. The van der Waals surface area contributed by atoms with Crippen LogP contribution >= 0.6 is 0 Å². The van der Waals surface area contributed by atoms with E-state index >= 15 is 0 Å². The number of nitrogens with zero attached hydrogens (tertiary/aromatic N) is 3. The van der Waals surface area contributed by atoms with Gasteiger partial charge in [-0.1, -0.05) is 30.3 Å². The van der Waals surface area contributed by atoms with E-state index in [1.54, 1.807) is 17.0 Å². The Morgan fingerprint density at radius 3 is 2.61 bits per heavy atom. The van der Waals surface area contributed by atoms with Crippen molar-refractivity contribution in [2.75, 3.05) is 16.8 Å². The monoisotopic (exact) mass is 376 g/mol. The highest BCUT2D eigenvalue weighted by molar-refractivity contribution is 6.03. The molecule has 7 heteroatoms. The van der Waals surface area contributed by atoms with Gasteiger partial charge in [-0.05, 0) is 36.4 Å². The molecule has 1 aromatic heterocycles. The fourth-order valence-electron chi connectivity index (χ4n) is 3.20. The second-order valence-corrected chi connectivity index (χ2v) is 6.68. The highest BCUT2D eigenvalue weighted by atomic mass is 16.5. The van der Waals surface area contributed by atoms with Crippen molar-refractivity contribution in [3.63, 3.8) is 0 Å². The van der Waals surface area contributed by atoms with Crippen LogP contribution in [0.4, 0.5) is 11.4 Å². The molecule has 142 valence electrons. The number of aromatic nitrogens is 2. The molecular weight excluding hydrogens is 356 g/mol. The Balaban J connectivity index is 1.40. The summed E-state index contributed by atoms with van der Waals surface area (Å²) in [5.41, 5.74) is 2.27. The lowest BCUT2D eigenvalue weighted by atomic mass is 10.1. The van der Waals surface area contributed by atoms with E-state index in [1.807, 2.05) is 49.4 Å². The summed E-state index contributed by atoms with van der Waals surface area (Å²) in [6.07, 6.45) is 0.915. The fraction of sp³-hybridized carbons (Fsp3) is 0.238. The van der Waals surface area contributed by atoms with Gasteiger partial charge in [0, 0.05) is 36.3 Å². The van der Waals surface area contributed by atoms with E-state index in [2.05, 4.69) is 15.5 Å². The number of amides is 2. The van der Waals surface area contributed by atoms with Crippen molar-refractivity contribution >= 4 is 23.2 Å². The van der Waals surface area contributed by atoms with E-state index in [9.17, 15) is 9.59 Å². The molecule has 2 amide bonds. The third-order valence-corrected chi connectivity index (χ3v) is 4.75. The molecule has 0 spiro atoms. The Bertz CT molecular complexity index is 982. The van der Waals surface area contributed by atoms with Crippen molar-refractivity contribution < 1.29 is 14.1 Å². The second-order valence-electron chi connectivity index (χ2n) is 6.68. The number of hydrogen-bond donors (Lipinski definition) is 1. The number of carbonyl (C=O) groups excluding carboxylic acids is 2. The first-order valence-electron chi connectivity index (χ1n) is 9.23. The van der Waals surface area contributed by atoms with E-state index in [4.69, 9.17) is 4.52 Å². The van der Waals surface area contributed by atoms with E-state index < -0.39 is 0 Å². The average molecular weight is 376 g/mol.